The maximum atomic E-state index is 12.4. The lowest BCUT2D eigenvalue weighted by molar-refractivity contribution is -0.122. The number of rotatable bonds is 6. The van der Waals surface area contributed by atoms with Crippen molar-refractivity contribution in [3.05, 3.63) is 60.7 Å². The van der Waals surface area contributed by atoms with Crippen LogP contribution in [0.1, 0.15) is 0 Å². The van der Waals surface area contributed by atoms with E-state index >= 15 is 0 Å². The second-order valence-electron chi connectivity index (χ2n) is 5.97. The summed E-state index contributed by atoms with van der Waals surface area (Å²) >= 11 is 0. The van der Waals surface area contributed by atoms with Crippen molar-refractivity contribution in [3.8, 4) is 11.5 Å². The van der Waals surface area contributed by atoms with Crippen LogP contribution in [0.5, 0.6) is 11.5 Å². The first-order chi connectivity index (χ1) is 12.5. The van der Waals surface area contributed by atoms with Gasteiger partial charge in [-0.25, -0.2) is 0 Å². The van der Waals surface area contributed by atoms with Gasteiger partial charge in [0.25, 0.3) is 0 Å². The minimum Gasteiger partial charge on any atom is -0.497 e. The Hall–Kier alpha value is -3.28. The monoisotopic (exact) mass is 352 g/mol. The fourth-order valence-corrected chi connectivity index (χ4v) is 2.74. The topological polar surface area (TPSA) is 76.7 Å². The van der Waals surface area contributed by atoms with Crippen LogP contribution in [0.2, 0.25) is 0 Å². The van der Waals surface area contributed by atoms with E-state index in [4.69, 9.17) is 9.47 Å². The van der Waals surface area contributed by atoms with Gasteiger partial charge in [0.1, 0.15) is 11.5 Å². The first-order valence-corrected chi connectivity index (χ1v) is 8.12. The largest absolute Gasteiger partial charge is 0.497 e. The molecule has 2 N–H and O–H groups in total. The molecule has 0 heterocycles. The smallest absolute Gasteiger partial charge is 0.232 e. The van der Waals surface area contributed by atoms with Crippen molar-refractivity contribution in [2.45, 2.75) is 0 Å². The standard InChI is InChI=1S/C20H20N2O4/c1-12-17(19(23)21-13-4-8-15(25-2)9-5-13)18(12)20(24)22-14-6-10-16(26-3)11-7-14/h4-11,17-18H,1H2,2-3H3,(H,21,23)(H,22,24)/t17-,18?/m1/s1. The van der Waals surface area contributed by atoms with Gasteiger partial charge in [0, 0.05) is 11.4 Å². The molecule has 0 aromatic heterocycles. The molecule has 1 saturated carbocycles. The van der Waals surface area contributed by atoms with E-state index in [1.807, 2.05) is 0 Å². The zero-order valence-corrected chi connectivity index (χ0v) is 14.6. The number of carbonyl (C=O) groups excluding carboxylic acids is 2. The molecule has 0 aliphatic heterocycles. The minimum absolute atomic E-state index is 0.241. The van der Waals surface area contributed by atoms with Crippen LogP contribution in [-0.2, 0) is 9.59 Å². The molecule has 26 heavy (non-hydrogen) atoms. The van der Waals surface area contributed by atoms with Gasteiger partial charge in [-0.15, -0.1) is 0 Å². The Kier molecular flexibility index (Phi) is 4.93. The van der Waals surface area contributed by atoms with Gasteiger partial charge in [-0.1, -0.05) is 12.2 Å². The van der Waals surface area contributed by atoms with Crippen molar-refractivity contribution >= 4 is 23.2 Å². The molecule has 2 amide bonds. The molecule has 1 aliphatic carbocycles. The van der Waals surface area contributed by atoms with E-state index in [0.29, 0.717) is 28.4 Å². The third-order valence-electron chi connectivity index (χ3n) is 4.30. The van der Waals surface area contributed by atoms with E-state index in [9.17, 15) is 9.59 Å². The molecule has 0 spiro atoms. The number of ether oxygens (including phenoxy) is 2. The molecule has 2 aromatic rings. The fraction of sp³-hybridized carbons (Fsp3) is 0.200. The molecule has 3 rings (SSSR count). The van der Waals surface area contributed by atoms with Gasteiger partial charge in [0.05, 0.1) is 26.1 Å². The SMILES string of the molecule is C=C1C(C(=O)Nc2ccc(OC)cc2)[C@@H]1C(=O)Nc1ccc(OC)cc1. The Labute approximate surface area is 151 Å². The van der Waals surface area contributed by atoms with E-state index < -0.39 is 11.8 Å². The predicted molar refractivity (Wildman–Crippen MR) is 99.4 cm³/mol. The highest BCUT2D eigenvalue weighted by Crippen LogP contribution is 2.45. The average molecular weight is 352 g/mol. The molecule has 134 valence electrons. The van der Waals surface area contributed by atoms with Crippen molar-refractivity contribution < 1.29 is 19.1 Å². The average Bonchev–Trinajstić information content (AvgIpc) is 3.34. The second-order valence-corrected chi connectivity index (χ2v) is 5.97. The summed E-state index contributed by atoms with van der Waals surface area (Å²) in [7, 11) is 3.15. The van der Waals surface area contributed by atoms with Crippen molar-refractivity contribution in [2.75, 3.05) is 24.9 Å². The quantitative estimate of drug-likeness (QED) is 0.784. The molecule has 1 unspecified atom stereocenters. The first kappa shape index (κ1) is 17.5. The first-order valence-electron chi connectivity index (χ1n) is 8.12. The lowest BCUT2D eigenvalue weighted by atomic mass is 10.2. The Morgan fingerprint density at radius 1 is 0.769 bits per heavy atom. The molecule has 2 aromatic carbocycles. The number of carbonyl (C=O) groups is 2. The summed E-state index contributed by atoms with van der Waals surface area (Å²) in [6.07, 6.45) is 0. The molecular formula is C20H20N2O4. The van der Waals surface area contributed by atoms with E-state index in [-0.39, 0.29) is 11.8 Å². The van der Waals surface area contributed by atoms with Crippen LogP contribution in [0.25, 0.3) is 0 Å². The van der Waals surface area contributed by atoms with Crippen LogP contribution < -0.4 is 20.1 Å². The molecular weight excluding hydrogens is 332 g/mol. The normalized spacial score (nSPS) is 18.0. The summed E-state index contributed by atoms with van der Waals surface area (Å²) < 4.78 is 10.2. The van der Waals surface area contributed by atoms with E-state index in [2.05, 4.69) is 17.2 Å². The van der Waals surface area contributed by atoms with Gasteiger partial charge < -0.3 is 20.1 Å². The van der Waals surface area contributed by atoms with Crippen molar-refractivity contribution in [2.24, 2.45) is 11.8 Å². The van der Waals surface area contributed by atoms with Crippen LogP contribution in [0.15, 0.2) is 60.7 Å². The Morgan fingerprint density at radius 2 is 1.12 bits per heavy atom. The molecule has 6 nitrogen and oxygen atoms in total. The van der Waals surface area contributed by atoms with E-state index in [1.165, 1.54) is 0 Å². The number of hydrogen-bond acceptors (Lipinski definition) is 4. The van der Waals surface area contributed by atoms with Crippen molar-refractivity contribution in [1.29, 1.82) is 0 Å². The van der Waals surface area contributed by atoms with Gasteiger partial charge in [-0.2, -0.15) is 0 Å². The molecule has 1 fully saturated rings. The molecule has 2 atom stereocenters. The van der Waals surface area contributed by atoms with E-state index in [1.54, 1.807) is 62.8 Å². The van der Waals surface area contributed by atoms with Crippen LogP contribution >= 0.6 is 0 Å². The highest BCUT2D eigenvalue weighted by Gasteiger charge is 2.52. The number of anilines is 2. The lowest BCUT2D eigenvalue weighted by Gasteiger charge is -2.07. The van der Waals surface area contributed by atoms with E-state index in [0.717, 1.165) is 0 Å². The number of benzene rings is 2. The van der Waals surface area contributed by atoms with Crippen LogP contribution in [0, 0.1) is 11.8 Å². The second kappa shape index (κ2) is 7.31. The van der Waals surface area contributed by atoms with Gasteiger partial charge in [0.2, 0.25) is 11.8 Å². The Bertz CT molecular complexity index is 758. The highest BCUT2D eigenvalue weighted by molar-refractivity contribution is 6.08. The van der Waals surface area contributed by atoms with Gasteiger partial charge in [-0.3, -0.25) is 9.59 Å². The number of nitrogens with one attached hydrogen (secondary N) is 2. The Balaban J connectivity index is 1.58. The molecule has 0 saturated heterocycles. The predicted octanol–water partition coefficient (Wildman–Crippen LogP) is 3.08. The van der Waals surface area contributed by atoms with Crippen molar-refractivity contribution in [3.63, 3.8) is 0 Å². The molecule has 6 heteroatoms. The van der Waals surface area contributed by atoms with Gasteiger partial charge in [0.15, 0.2) is 0 Å². The maximum absolute atomic E-state index is 12.4. The minimum atomic E-state index is -0.518. The molecule has 0 radical (unpaired) electrons. The third kappa shape index (κ3) is 3.69. The molecule has 0 bridgehead atoms. The summed E-state index contributed by atoms with van der Waals surface area (Å²) in [5.41, 5.74) is 1.90. The summed E-state index contributed by atoms with van der Waals surface area (Å²) in [6, 6.07) is 14.0. The zero-order valence-electron chi connectivity index (χ0n) is 14.6. The highest BCUT2D eigenvalue weighted by atomic mass is 16.5. The summed E-state index contributed by atoms with van der Waals surface area (Å²) in [4.78, 5) is 24.8. The summed E-state index contributed by atoms with van der Waals surface area (Å²) in [6.45, 7) is 3.85. The summed E-state index contributed by atoms with van der Waals surface area (Å²) in [5.74, 6) is -0.109. The molecule has 1 aliphatic rings. The van der Waals surface area contributed by atoms with Crippen LogP contribution in [-0.4, -0.2) is 26.0 Å². The number of hydrogen-bond donors (Lipinski definition) is 2. The fourth-order valence-electron chi connectivity index (χ4n) is 2.74. The van der Waals surface area contributed by atoms with Gasteiger partial charge >= 0.3 is 0 Å². The van der Waals surface area contributed by atoms with Crippen molar-refractivity contribution in [1.82, 2.24) is 0 Å². The Morgan fingerprint density at radius 3 is 1.42 bits per heavy atom. The summed E-state index contributed by atoms with van der Waals surface area (Å²) in [5, 5.41) is 5.60. The number of amides is 2. The lowest BCUT2D eigenvalue weighted by Crippen LogP contribution is -2.20. The van der Waals surface area contributed by atoms with Crippen LogP contribution in [0.3, 0.4) is 0 Å². The van der Waals surface area contributed by atoms with Gasteiger partial charge in [-0.05, 0) is 48.5 Å². The zero-order chi connectivity index (χ0) is 18.7. The third-order valence-corrected chi connectivity index (χ3v) is 4.30. The van der Waals surface area contributed by atoms with Crippen LogP contribution in [0.4, 0.5) is 11.4 Å². The maximum Gasteiger partial charge on any atom is 0.232 e. The number of methoxy groups -OCH3 is 2.